The number of hydrogen-bond donors (Lipinski definition) is 0. The van der Waals surface area contributed by atoms with Gasteiger partial charge in [0.05, 0.1) is 11.6 Å². The van der Waals surface area contributed by atoms with Gasteiger partial charge in [-0.2, -0.15) is 5.26 Å². The van der Waals surface area contributed by atoms with E-state index in [2.05, 4.69) is 4.98 Å². The average molecular weight is 256 g/mol. The number of nitriles is 1. The topological polar surface area (TPSA) is 63.0 Å². The molecular formula is C14H9FN2O2. The molecule has 19 heavy (non-hydrogen) atoms. The van der Waals surface area contributed by atoms with Crippen LogP contribution in [0.2, 0.25) is 0 Å². The van der Waals surface area contributed by atoms with E-state index < -0.39 is 5.82 Å². The average Bonchev–Trinajstić information content (AvgIpc) is 2.41. The van der Waals surface area contributed by atoms with Gasteiger partial charge in [-0.1, -0.05) is 0 Å². The molecule has 0 amide bonds. The van der Waals surface area contributed by atoms with Gasteiger partial charge >= 0.3 is 0 Å². The van der Waals surface area contributed by atoms with Crippen LogP contribution in [0.5, 0.6) is 11.6 Å². The Labute approximate surface area is 109 Å². The first kappa shape index (κ1) is 12.7. The minimum atomic E-state index is -0.658. The van der Waals surface area contributed by atoms with Gasteiger partial charge in [0.25, 0.3) is 0 Å². The third-order valence-electron chi connectivity index (χ3n) is 2.42. The molecule has 0 spiro atoms. The maximum Gasteiger partial charge on any atom is 0.220 e. The molecule has 0 saturated carbocycles. The van der Waals surface area contributed by atoms with E-state index in [1.165, 1.54) is 31.3 Å². The second-order valence-electron chi connectivity index (χ2n) is 3.80. The van der Waals surface area contributed by atoms with E-state index in [0.29, 0.717) is 5.56 Å². The molecule has 2 rings (SSSR count). The Morgan fingerprint density at radius 3 is 2.79 bits per heavy atom. The van der Waals surface area contributed by atoms with Gasteiger partial charge in [0.2, 0.25) is 5.88 Å². The summed E-state index contributed by atoms with van der Waals surface area (Å²) in [5.74, 6) is -0.717. The highest BCUT2D eigenvalue weighted by molar-refractivity contribution is 5.94. The first-order valence-corrected chi connectivity index (χ1v) is 5.44. The van der Waals surface area contributed by atoms with Crippen molar-refractivity contribution in [2.45, 2.75) is 6.92 Å². The lowest BCUT2D eigenvalue weighted by Crippen LogP contribution is -1.96. The predicted octanol–water partition coefficient (Wildman–Crippen LogP) is 3.09. The van der Waals surface area contributed by atoms with Crippen molar-refractivity contribution in [2.75, 3.05) is 0 Å². The summed E-state index contributed by atoms with van der Waals surface area (Å²) in [7, 11) is 0. The van der Waals surface area contributed by atoms with Crippen molar-refractivity contribution in [3.63, 3.8) is 0 Å². The molecule has 4 nitrogen and oxygen atoms in total. The van der Waals surface area contributed by atoms with Crippen LogP contribution in [-0.2, 0) is 0 Å². The zero-order valence-electron chi connectivity index (χ0n) is 10.1. The van der Waals surface area contributed by atoms with Gasteiger partial charge in [-0.15, -0.1) is 0 Å². The standard InChI is InChI=1S/C14H9FN2O2/c1-9(18)11-4-5-17-14(7-11)19-13-3-2-10(8-16)6-12(13)15/h2-7H,1H3. The molecule has 0 saturated heterocycles. The molecule has 1 aromatic heterocycles. The molecule has 0 N–H and O–H groups in total. The Morgan fingerprint density at radius 1 is 1.37 bits per heavy atom. The van der Waals surface area contributed by atoms with Gasteiger partial charge in [-0.3, -0.25) is 4.79 Å². The maximum atomic E-state index is 13.6. The van der Waals surface area contributed by atoms with Crippen LogP contribution in [0.3, 0.4) is 0 Å². The smallest absolute Gasteiger partial charge is 0.220 e. The molecule has 2 aromatic rings. The number of carbonyl (C=O) groups is 1. The number of carbonyl (C=O) groups excluding carboxylic acids is 1. The molecule has 0 atom stereocenters. The summed E-state index contributed by atoms with van der Waals surface area (Å²) in [6, 6.07) is 8.66. The van der Waals surface area contributed by atoms with Gasteiger partial charge in [-0.05, 0) is 31.2 Å². The normalized spacial score (nSPS) is 9.74. The molecule has 5 heteroatoms. The maximum absolute atomic E-state index is 13.6. The number of nitrogens with zero attached hydrogens (tertiary/aromatic N) is 2. The van der Waals surface area contributed by atoms with Crippen LogP contribution in [0.4, 0.5) is 4.39 Å². The van der Waals surface area contributed by atoms with Crippen LogP contribution in [0.1, 0.15) is 22.8 Å². The fourth-order valence-corrected chi connectivity index (χ4v) is 1.45. The van der Waals surface area contributed by atoms with E-state index in [1.54, 1.807) is 6.07 Å². The lowest BCUT2D eigenvalue weighted by Gasteiger charge is -2.06. The van der Waals surface area contributed by atoms with Crippen molar-refractivity contribution in [1.82, 2.24) is 4.98 Å². The van der Waals surface area contributed by atoms with Crippen LogP contribution in [-0.4, -0.2) is 10.8 Å². The number of benzene rings is 1. The molecule has 0 aliphatic heterocycles. The molecule has 0 unspecified atom stereocenters. The van der Waals surface area contributed by atoms with Crippen molar-refractivity contribution < 1.29 is 13.9 Å². The number of rotatable bonds is 3. The minimum Gasteiger partial charge on any atom is -0.436 e. The Bertz CT molecular complexity index is 677. The summed E-state index contributed by atoms with van der Waals surface area (Å²) in [4.78, 5) is 15.1. The molecule has 94 valence electrons. The summed E-state index contributed by atoms with van der Waals surface area (Å²) in [5.41, 5.74) is 0.634. The van der Waals surface area contributed by atoms with E-state index in [-0.39, 0.29) is 23.0 Å². The second-order valence-corrected chi connectivity index (χ2v) is 3.80. The highest BCUT2D eigenvalue weighted by atomic mass is 19.1. The molecule has 1 heterocycles. The minimum absolute atomic E-state index is 0.0489. The lowest BCUT2D eigenvalue weighted by atomic mass is 10.2. The summed E-state index contributed by atoms with van der Waals surface area (Å²) < 4.78 is 18.9. The first-order valence-electron chi connectivity index (χ1n) is 5.44. The third kappa shape index (κ3) is 2.93. The zero-order valence-corrected chi connectivity index (χ0v) is 10.1. The van der Waals surface area contributed by atoms with Gasteiger partial charge in [-0.25, -0.2) is 9.37 Å². The Balaban J connectivity index is 2.29. The molecule has 0 radical (unpaired) electrons. The van der Waals surface area contributed by atoms with Crippen LogP contribution in [0.25, 0.3) is 0 Å². The van der Waals surface area contributed by atoms with E-state index in [9.17, 15) is 9.18 Å². The Kier molecular flexibility index (Phi) is 3.53. The monoisotopic (exact) mass is 256 g/mol. The second kappa shape index (κ2) is 5.27. The van der Waals surface area contributed by atoms with E-state index in [1.807, 2.05) is 6.07 Å². The van der Waals surface area contributed by atoms with Crippen molar-refractivity contribution >= 4 is 5.78 Å². The largest absolute Gasteiger partial charge is 0.436 e. The molecule has 0 aliphatic carbocycles. The van der Waals surface area contributed by atoms with Gasteiger partial charge in [0, 0.05) is 17.8 Å². The van der Waals surface area contributed by atoms with E-state index in [4.69, 9.17) is 10.00 Å². The number of hydrogen-bond acceptors (Lipinski definition) is 4. The van der Waals surface area contributed by atoms with Crippen molar-refractivity contribution in [3.8, 4) is 17.7 Å². The van der Waals surface area contributed by atoms with Crippen LogP contribution in [0, 0.1) is 17.1 Å². The third-order valence-corrected chi connectivity index (χ3v) is 2.42. The Morgan fingerprint density at radius 2 is 2.16 bits per heavy atom. The number of ether oxygens (including phenoxy) is 1. The summed E-state index contributed by atoms with van der Waals surface area (Å²) in [6.45, 7) is 1.42. The number of Topliss-reactive ketones (excluding diaryl/α,β-unsaturated/α-hetero) is 1. The SMILES string of the molecule is CC(=O)c1ccnc(Oc2ccc(C#N)cc2F)c1. The summed E-state index contributed by atoms with van der Waals surface area (Å²) in [5, 5.41) is 8.63. The van der Waals surface area contributed by atoms with E-state index >= 15 is 0 Å². The van der Waals surface area contributed by atoms with Crippen molar-refractivity contribution in [2.24, 2.45) is 0 Å². The van der Waals surface area contributed by atoms with Crippen LogP contribution in [0.15, 0.2) is 36.5 Å². The molecule has 1 aromatic carbocycles. The molecule has 0 aliphatic rings. The highest BCUT2D eigenvalue weighted by Gasteiger charge is 2.08. The predicted molar refractivity (Wildman–Crippen MR) is 65.4 cm³/mol. The van der Waals surface area contributed by atoms with Crippen molar-refractivity contribution in [1.29, 1.82) is 5.26 Å². The number of ketones is 1. The quantitative estimate of drug-likeness (QED) is 0.791. The summed E-state index contributed by atoms with van der Waals surface area (Å²) in [6.07, 6.45) is 1.41. The number of pyridine rings is 1. The zero-order chi connectivity index (χ0) is 13.8. The van der Waals surface area contributed by atoms with Gasteiger partial charge < -0.3 is 4.74 Å². The number of aromatic nitrogens is 1. The highest BCUT2D eigenvalue weighted by Crippen LogP contribution is 2.24. The fourth-order valence-electron chi connectivity index (χ4n) is 1.45. The van der Waals surface area contributed by atoms with E-state index in [0.717, 1.165) is 6.07 Å². The van der Waals surface area contributed by atoms with Crippen molar-refractivity contribution in [3.05, 3.63) is 53.5 Å². The number of halogens is 1. The lowest BCUT2D eigenvalue weighted by molar-refractivity contribution is 0.101. The molecular weight excluding hydrogens is 247 g/mol. The summed E-state index contributed by atoms with van der Waals surface area (Å²) >= 11 is 0. The van der Waals surface area contributed by atoms with Gasteiger partial charge in [0.1, 0.15) is 0 Å². The molecule has 0 bridgehead atoms. The molecule has 0 fully saturated rings. The first-order chi connectivity index (χ1) is 9.10. The van der Waals surface area contributed by atoms with Gasteiger partial charge in [0.15, 0.2) is 17.3 Å². The fraction of sp³-hybridized carbons (Fsp3) is 0.0714. The Hall–Kier alpha value is -2.74. The van der Waals surface area contributed by atoms with Crippen LogP contribution < -0.4 is 4.74 Å². The van der Waals surface area contributed by atoms with Crippen LogP contribution >= 0.6 is 0 Å².